The molecule has 0 radical (unpaired) electrons. The van der Waals surface area contributed by atoms with Crippen molar-refractivity contribution >= 4 is 35.3 Å². The number of aliphatic hydroxyl groups is 3. The van der Waals surface area contributed by atoms with Crippen LogP contribution in [0.5, 0.6) is 11.5 Å². The quantitative estimate of drug-likeness (QED) is 0.325. The van der Waals surface area contributed by atoms with Gasteiger partial charge in [-0.1, -0.05) is 41.4 Å². The largest absolute Gasteiger partial charge is 0.508 e. The van der Waals surface area contributed by atoms with Gasteiger partial charge in [0.05, 0.1) is 16.6 Å². The number of benzene rings is 2. The van der Waals surface area contributed by atoms with Gasteiger partial charge in [-0.3, -0.25) is 0 Å². The third kappa shape index (κ3) is 5.31. The van der Waals surface area contributed by atoms with E-state index in [2.05, 4.69) is 5.32 Å². The van der Waals surface area contributed by atoms with Crippen LogP contribution in [0.25, 0.3) is 11.1 Å². The molecule has 2 aromatic carbocycles. The number of nitrogens with one attached hydrogen (secondary N) is 1. The Labute approximate surface area is 214 Å². The number of fused-ring (bicyclic) bond motifs is 1. The topological polar surface area (TPSA) is 175 Å². The number of aryl methyl sites for hydroxylation is 1. The summed E-state index contributed by atoms with van der Waals surface area (Å²) in [5.41, 5.74) is 2.00. The zero-order valence-corrected chi connectivity index (χ0v) is 20.0. The standard InChI is InChI=1S/C23H23Cl2NO10/c24-13-6-10(27)7-14(25)15(13)12-3-1-2-9-4-5-11(34-19(9)12)8-26-23(33)36-22-18(30)16(28)17(29)20(35-22)21(31)32/h1-3,6-7,11,16-18,20,22,27-30H,4-5,8H2,(H,26,33)(H,31,32)/t11-,16?,17?,18?,20?,22?/m1/s1. The van der Waals surface area contributed by atoms with Crippen molar-refractivity contribution in [2.24, 2.45) is 0 Å². The third-order valence-corrected chi connectivity index (χ3v) is 6.52. The molecule has 2 aromatic rings. The number of hydrogen-bond acceptors (Lipinski definition) is 9. The van der Waals surface area contributed by atoms with Gasteiger partial charge in [0.15, 0.2) is 6.10 Å². The van der Waals surface area contributed by atoms with Gasteiger partial charge >= 0.3 is 12.1 Å². The summed E-state index contributed by atoms with van der Waals surface area (Å²) in [6, 6.07) is 8.23. The summed E-state index contributed by atoms with van der Waals surface area (Å²) in [7, 11) is 0. The first-order valence-electron chi connectivity index (χ1n) is 10.9. The number of carbonyl (C=O) groups excluding carboxylic acids is 1. The Hall–Kier alpha value is -2.80. The molecular formula is C23H23Cl2NO10. The van der Waals surface area contributed by atoms with Gasteiger partial charge in [-0.25, -0.2) is 9.59 Å². The number of phenolic OH excluding ortho intramolecular Hbond substituents is 1. The van der Waals surface area contributed by atoms with Crippen LogP contribution in [0.15, 0.2) is 30.3 Å². The number of amides is 1. The maximum Gasteiger partial charge on any atom is 0.409 e. The number of rotatable bonds is 5. The molecule has 194 valence electrons. The second kappa shape index (κ2) is 10.7. The van der Waals surface area contributed by atoms with Crippen LogP contribution in [-0.4, -0.2) is 80.9 Å². The number of carboxylic acid groups (broad SMARTS) is 1. The lowest BCUT2D eigenvalue weighted by atomic mass is 9.95. The van der Waals surface area contributed by atoms with Crippen molar-refractivity contribution in [2.45, 2.75) is 49.7 Å². The van der Waals surface area contributed by atoms with Crippen molar-refractivity contribution in [3.05, 3.63) is 45.9 Å². The molecule has 11 nitrogen and oxygen atoms in total. The molecule has 0 aromatic heterocycles. The lowest BCUT2D eigenvalue weighted by Gasteiger charge is -2.37. The number of aliphatic hydroxyl groups excluding tert-OH is 3. The van der Waals surface area contributed by atoms with Crippen LogP contribution in [0, 0.1) is 0 Å². The minimum absolute atomic E-state index is 0.0139. The van der Waals surface area contributed by atoms with Crippen molar-refractivity contribution in [2.75, 3.05) is 6.54 Å². The first-order valence-corrected chi connectivity index (χ1v) is 11.7. The van der Waals surface area contributed by atoms with Crippen molar-refractivity contribution < 1.29 is 49.3 Å². The molecule has 1 saturated heterocycles. The highest BCUT2D eigenvalue weighted by atomic mass is 35.5. The Bertz CT molecular complexity index is 1140. The molecule has 36 heavy (non-hydrogen) atoms. The van der Waals surface area contributed by atoms with Crippen molar-refractivity contribution in [3.63, 3.8) is 0 Å². The minimum atomic E-state index is -1.90. The zero-order valence-electron chi connectivity index (χ0n) is 18.5. The van der Waals surface area contributed by atoms with Crippen molar-refractivity contribution in [3.8, 4) is 22.6 Å². The van der Waals surface area contributed by atoms with E-state index in [1.807, 2.05) is 12.1 Å². The molecule has 0 aliphatic carbocycles. The first-order chi connectivity index (χ1) is 17.1. The fourth-order valence-corrected chi connectivity index (χ4v) is 4.79. The number of hydrogen-bond donors (Lipinski definition) is 6. The van der Waals surface area contributed by atoms with E-state index in [1.54, 1.807) is 6.07 Å². The molecular weight excluding hydrogens is 521 g/mol. The Morgan fingerprint density at radius 3 is 2.44 bits per heavy atom. The van der Waals surface area contributed by atoms with Gasteiger partial charge in [0.1, 0.15) is 35.9 Å². The molecule has 4 rings (SSSR count). The zero-order chi connectivity index (χ0) is 26.1. The van der Waals surface area contributed by atoms with Crippen LogP contribution in [0.4, 0.5) is 4.79 Å². The molecule has 0 spiro atoms. The lowest BCUT2D eigenvalue weighted by molar-refractivity contribution is -0.278. The average Bonchev–Trinajstić information content (AvgIpc) is 2.82. The molecule has 1 fully saturated rings. The normalized spacial score (nSPS) is 27.5. The summed E-state index contributed by atoms with van der Waals surface area (Å²) >= 11 is 12.7. The fourth-order valence-electron chi connectivity index (χ4n) is 4.11. The maximum atomic E-state index is 12.3. The number of para-hydroxylation sites is 1. The van der Waals surface area contributed by atoms with E-state index in [-0.39, 0.29) is 22.3 Å². The SMILES string of the molecule is O=C(NC[C@H]1CCc2cccc(-c3c(Cl)cc(O)cc3Cl)c2O1)OC1OC(C(=O)O)C(O)C(O)C1O. The molecule has 6 N–H and O–H groups in total. The van der Waals surface area contributed by atoms with Crippen molar-refractivity contribution in [1.82, 2.24) is 5.32 Å². The molecule has 13 heteroatoms. The molecule has 0 saturated carbocycles. The van der Waals surface area contributed by atoms with Crippen LogP contribution in [-0.2, 0) is 20.7 Å². The minimum Gasteiger partial charge on any atom is -0.508 e. The Balaban J connectivity index is 1.42. The maximum absolute atomic E-state index is 12.3. The number of carbonyl (C=O) groups is 2. The van der Waals surface area contributed by atoms with Gasteiger partial charge in [0.25, 0.3) is 0 Å². The van der Waals surface area contributed by atoms with Gasteiger partial charge < -0.3 is 45.1 Å². The number of carboxylic acids is 1. The van der Waals surface area contributed by atoms with E-state index in [0.29, 0.717) is 29.7 Å². The van der Waals surface area contributed by atoms with Crippen molar-refractivity contribution in [1.29, 1.82) is 0 Å². The highest BCUT2D eigenvalue weighted by Gasteiger charge is 2.48. The molecule has 2 aliphatic rings. The molecule has 2 heterocycles. The van der Waals surface area contributed by atoms with Crippen LogP contribution < -0.4 is 10.1 Å². The smallest absolute Gasteiger partial charge is 0.409 e. The lowest BCUT2D eigenvalue weighted by Crippen LogP contribution is -2.61. The molecule has 1 amide bonds. The molecule has 5 unspecified atom stereocenters. The molecule has 0 bridgehead atoms. The predicted octanol–water partition coefficient (Wildman–Crippen LogP) is 1.68. The summed E-state index contributed by atoms with van der Waals surface area (Å²) in [5, 5.41) is 51.3. The Kier molecular flexibility index (Phi) is 7.79. The second-order valence-corrected chi connectivity index (χ2v) is 9.19. The van der Waals surface area contributed by atoms with E-state index in [1.165, 1.54) is 12.1 Å². The fraction of sp³-hybridized carbons (Fsp3) is 0.391. The molecule has 6 atom stereocenters. The summed E-state index contributed by atoms with van der Waals surface area (Å²) in [6.45, 7) is -0.0139. The number of ether oxygens (including phenoxy) is 3. The van der Waals surface area contributed by atoms with E-state index >= 15 is 0 Å². The second-order valence-electron chi connectivity index (χ2n) is 8.38. The van der Waals surface area contributed by atoms with Gasteiger partial charge in [-0.15, -0.1) is 0 Å². The number of alkyl carbamates (subject to hydrolysis) is 1. The van der Waals surface area contributed by atoms with Crippen LogP contribution >= 0.6 is 23.2 Å². The number of phenols is 1. The van der Waals surface area contributed by atoms with Gasteiger partial charge in [0.2, 0.25) is 6.29 Å². The highest BCUT2D eigenvalue weighted by molar-refractivity contribution is 6.39. The number of aliphatic carboxylic acids is 1. The number of aromatic hydroxyl groups is 1. The monoisotopic (exact) mass is 543 g/mol. The summed E-state index contributed by atoms with van der Waals surface area (Å²) in [6.07, 6.45) is -9.75. The van der Waals surface area contributed by atoms with E-state index < -0.39 is 48.9 Å². The van der Waals surface area contributed by atoms with Crippen LogP contribution in [0.2, 0.25) is 10.0 Å². The Morgan fingerprint density at radius 2 is 1.78 bits per heavy atom. The highest BCUT2D eigenvalue weighted by Crippen LogP contribution is 2.44. The van der Waals surface area contributed by atoms with E-state index in [9.17, 15) is 30.0 Å². The average molecular weight is 544 g/mol. The Morgan fingerprint density at radius 1 is 1.08 bits per heavy atom. The summed E-state index contributed by atoms with van der Waals surface area (Å²) < 4.78 is 16.0. The van der Waals surface area contributed by atoms with E-state index in [0.717, 1.165) is 5.56 Å². The first kappa shape index (κ1) is 26.3. The van der Waals surface area contributed by atoms with Gasteiger partial charge in [-0.2, -0.15) is 0 Å². The van der Waals surface area contributed by atoms with E-state index in [4.69, 9.17) is 42.5 Å². The van der Waals surface area contributed by atoms with Crippen LogP contribution in [0.1, 0.15) is 12.0 Å². The third-order valence-electron chi connectivity index (χ3n) is 5.92. The summed E-state index contributed by atoms with van der Waals surface area (Å²) in [5.74, 6) is -1.16. The van der Waals surface area contributed by atoms with Gasteiger partial charge in [0, 0.05) is 11.1 Å². The van der Waals surface area contributed by atoms with Gasteiger partial charge in [-0.05, 0) is 30.5 Å². The molecule has 2 aliphatic heterocycles. The van der Waals surface area contributed by atoms with Crippen LogP contribution in [0.3, 0.4) is 0 Å². The predicted molar refractivity (Wildman–Crippen MR) is 125 cm³/mol. The summed E-state index contributed by atoms with van der Waals surface area (Å²) in [4.78, 5) is 23.5. The number of halogens is 2.